The van der Waals surface area contributed by atoms with Crippen molar-refractivity contribution in [2.45, 2.75) is 51.6 Å². The third kappa shape index (κ3) is 8.57. The summed E-state index contributed by atoms with van der Waals surface area (Å²) in [5.41, 5.74) is 1.37. The van der Waals surface area contributed by atoms with E-state index >= 15 is 0 Å². The maximum Gasteiger partial charge on any atom is 0.242 e. The molecule has 0 saturated carbocycles. The van der Waals surface area contributed by atoms with Crippen molar-refractivity contribution in [3.05, 3.63) is 68.7 Å². The number of nitrogens with one attached hydrogen (secondary N) is 1. The topological polar surface area (TPSA) is 49.4 Å². The predicted octanol–water partition coefficient (Wildman–Crippen LogP) is 6.21. The number of hydrogen-bond donors (Lipinski definition) is 1. The van der Waals surface area contributed by atoms with Gasteiger partial charge in [0.1, 0.15) is 6.04 Å². The van der Waals surface area contributed by atoms with Crippen molar-refractivity contribution < 1.29 is 9.59 Å². The van der Waals surface area contributed by atoms with Crippen LogP contribution in [-0.2, 0) is 21.9 Å². The van der Waals surface area contributed by atoms with Crippen molar-refractivity contribution in [2.24, 2.45) is 0 Å². The van der Waals surface area contributed by atoms with Gasteiger partial charge in [0.2, 0.25) is 11.8 Å². The highest BCUT2D eigenvalue weighted by atomic mass is 35.5. The zero-order valence-corrected chi connectivity index (χ0v) is 21.1. The molecule has 2 amide bonds. The van der Waals surface area contributed by atoms with E-state index < -0.39 is 11.6 Å². The molecule has 0 aliphatic heterocycles. The molecule has 0 aliphatic rings. The summed E-state index contributed by atoms with van der Waals surface area (Å²) in [7, 11) is 0. The monoisotopic (exact) mass is 500 g/mol. The summed E-state index contributed by atoms with van der Waals surface area (Å²) in [6.45, 7) is 7.65. The Kier molecular flexibility index (Phi) is 9.56. The highest BCUT2D eigenvalue weighted by Gasteiger charge is 2.28. The van der Waals surface area contributed by atoms with Gasteiger partial charge in [-0.2, -0.15) is 0 Å². The summed E-state index contributed by atoms with van der Waals surface area (Å²) < 4.78 is 0. The zero-order chi connectivity index (χ0) is 23.2. The summed E-state index contributed by atoms with van der Waals surface area (Å²) in [6, 6.07) is 12.0. The van der Waals surface area contributed by atoms with Gasteiger partial charge in [0.05, 0.1) is 5.75 Å². The Balaban J connectivity index is 2.14. The van der Waals surface area contributed by atoms with Crippen LogP contribution in [0.4, 0.5) is 0 Å². The van der Waals surface area contributed by atoms with E-state index in [0.717, 1.165) is 11.1 Å². The van der Waals surface area contributed by atoms with E-state index in [1.165, 1.54) is 11.8 Å². The van der Waals surface area contributed by atoms with Crippen LogP contribution in [0.5, 0.6) is 0 Å². The second-order valence-corrected chi connectivity index (χ2v) is 10.6. The number of rotatable bonds is 8. The number of nitrogens with zero attached hydrogens (tertiary/aromatic N) is 1. The van der Waals surface area contributed by atoms with Gasteiger partial charge < -0.3 is 10.2 Å². The third-order valence-corrected chi connectivity index (χ3v) is 6.22. The van der Waals surface area contributed by atoms with Crippen LogP contribution in [-0.4, -0.2) is 34.0 Å². The molecule has 0 aliphatic carbocycles. The van der Waals surface area contributed by atoms with Crippen LogP contribution in [0.25, 0.3) is 0 Å². The minimum Gasteiger partial charge on any atom is -0.350 e. The Hall–Kier alpha value is -1.40. The maximum absolute atomic E-state index is 13.1. The molecule has 0 saturated heterocycles. The number of amides is 2. The average Bonchev–Trinajstić information content (AvgIpc) is 2.65. The summed E-state index contributed by atoms with van der Waals surface area (Å²) in [5.74, 6) is 0.510. The fraction of sp³-hybridized carbons (Fsp3) is 0.391. The summed E-state index contributed by atoms with van der Waals surface area (Å²) in [6.07, 6.45) is 0. The molecule has 2 aromatic rings. The van der Waals surface area contributed by atoms with Gasteiger partial charge >= 0.3 is 0 Å². The number of carbonyl (C=O) groups excluding carboxylic acids is 2. The number of hydrogen-bond acceptors (Lipinski definition) is 3. The minimum absolute atomic E-state index is 0.144. The van der Waals surface area contributed by atoms with Gasteiger partial charge in [-0.15, -0.1) is 11.8 Å². The zero-order valence-electron chi connectivity index (χ0n) is 18.0. The van der Waals surface area contributed by atoms with Crippen LogP contribution in [0.15, 0.2) is 42.5 Å². The van der Waals surface area contributed by atoms with Gasteiger partial charge in [-0.3, -0.25) is 9.59 Å². The molecule has 4 nitrogen and oxygen atoms in total. The van der Waals surface area contributed by atoms with E-state index in [2.05, 4.69) is 5.32 Å². The quantitative estimate of drug-likeness (QED) is 0.468. The Morgan fingerprint density at radius 3 is 2.35 bits per heavy atom. The molecular weight excluding hydrogens is 475 g/mol. The molecule has 0 aromatic heterocycles. The Bertz CT molecular complexity index is 931. The Morgan fingerprint density at radius 2 is 1.74 bits per heavy atom. The van der Waals surface area contributed by atoms with E-state index in [0.29, 0.717) is 20.8 Å². The normalized spacial score (nSPS) is 12.4. The first-order chi connectivity index (χ1) is 14.5. The molecule has 0 spiro atoms. The molecule has 2 rings (SSSR count). The van der Waals surface area contributed by atoms with Gasteiger partial charge in [-0.1, -0.05) is 53.0 Å². The number of halogens is 3. The fourth-order valence-corrected chi connectivity index (χ4v) is 4.39. The largest absolute Gasteiger partial charge is 0.350 e. The van der Waals surface area contributed by atoms with E-state index in [-0.39, 0.29) is 24.1 Å². The molecule has 0 bridgehead atoms. The fourth-order valence-electron chi connectivity index (χ4n) is 2.86. The maximum atomic E-state index is 13.1. The molecule has 1 N–H and O–H groups in total. The molecule has 0 heterocycles. The van der Waals surface area contributed by atoms with Crippen molar-refractivity contribution >= 4 is 58.4 Å². The molecular formula is C23H27Cl3N2O2S. The molecule has 0 unspecified atom stereocenters. The molecule has 0 radical (unpaired) electrons. The Labute approximate surface area is 203 Å². The summed E-state index contributed by atoms with van der Waals surface area (Å²) in [4.78, 5) is 27.5. The van der Waals surface area contributed by atoms with Gasteiger partial charge in [0.15, 0.2) is 0 Å². The number of benzene rings is 2. The van der Waals surface area contributed by atoms with Crippen LogP contribution in [0.3, 0.4) is 0 Å². The first kappa shape index (κ1) is 25.9. The first-order valence-corrected chi connectivity index (χ1v) is 12.1. The van der Waals surface area contributed by atoms with Crippen molar-refractivity contribution in [2.75, 3.05) is 5.75 Å². The lowest BCUT2D eigenvalue weighted by Crippen LogP contribution is -2.52. The number of thioether (sulfide) groups is 1. The predicted molar refractivity (Wildman–Crippen MR) is 132 cm³/mol. The van der Waals surface area contributed by atoms with E-state index in [1.54, 1.807) is 30.0 Å². The van der Waals surface area contributed by atoms with Crippen molar-refractivity contribution in [1.29, 1.82) is 0 Å². The second-order valence-electron chi connectivity index (χ2n) is 8.30. The van der Waals surface area contributed by atoms with E-state index in [1.807, 2.05) is 45.0 Å². The van der Waals surface area contributed by atoms with Crippen molar-refractivity contribution in [1.82, 2.24) is 10.2 Å². The van der Waals surface area contributed by atoms with E-state index in [9.17, 15) is 9.59 Å². The molecule has 1 atom stereocenters. The molecule has 168 valence electrons. The number of carbonyl (C=O) groups is 2. The third-order valence-electron chi connectivity index (χ3n) is 4.40. The summed E-state index contributed by atoms with van der Waals surface area (Å²) >= 11 is 19.8. The van der Waals surface area contributed by atoms with Crippen molar-refractivity contribution in [3.8, 4) is 0 Å². The summed E-state index contributed by atoms with van der Waals surface area (Å²) in [5, 5.41) is 4.58. The average molecular weight is 502 g/mol. The molecule has 8 heteroatoms. The van der Waals surface area contributed by atoms with Crippen LogP contribution in [0.1, 0.15) is 38.8 Å². The van der Waals surface area contributed by atoms with Gasteiger partial charge in [-0.05, 0) is 63.1 Å². The van der Waals surface area contributed by atoms with Crippen LogP contribution in [0, 0.1) is 0 Å². The smallest absolute Gasteiger partial charge is 0.242 e. The van der Waals surface area contributed by atoms with Crippen molar-refractivity contribution in [3.63, 3.8) is 0 Å². The second kappa shape index (κ2) is 11.5. The SMILES string of the molecule is C[C@@H](C(=O)NC(C)(C)C)N(Cc1ccc(Cl)cc1Cl)C(=O)CSCc1cccc(Cl)c1. The van der Waals surface area contributed by atoms with Gasteiger partial charge in [0, 0.05) is 32.9 Å². The van der Waals surface area contributed by atoms with Crippen LogP contribution >= 0.6 is 46.6 Å². The van der Waals surface area contributed by atoms with Gasteiger partial charge in [0.25, 0.3) is 0 Å². The highest BCUT2D eigenvalue weighted by Crippen LogP contribution is 2.24. The lowest BCUT2D eigenvalue weighted by atomic mass is 10.1. The van der Waals surface area contributed by atoms with Crippen LogP contribution < -0.4 is 5.32 Å². The highest BCUT2D eigenvalue weighted by molar-refractivity contribution is 7.99. The standard InChI is InChI=1S/C23H27Cl3N2O2S/c1-15(22(30)27-23(2,3)4)28(12-17-8-9-19(25)11-20(17)26)21(29)14-31-13-16-6-5-7-18(24)10-16/h5-11,15H,12-14H2,1-4H3,(H,27,30)/t15-/m0/s1. The van der Waals surface area contributed by atoms with Gasteiger partial charge in [-0.25, -0.2) is 0 Å². The lowest BCUT2D eigenvalue weighted by molar-refractivity contribution is -0.139. The minimum atomic E-state index is -0.662. The Morgan fingerprint density at radius 1 is 1.06 bits per heavy atom. The molecule has 31 heavy (non-hydrogen) atoms. The lowest BCUT2D eigenvalue weighted by Gasteiger charge is -2.31. The molecule has 0 fully saturated rings. The first-order valence-electron chi connectivity index (χ1n) is 9.84. The van der Waals surface area contributed by atoms with E-state index in [4.69, 9.17) is 34.8 Å². The molecule has 2 aromatic carbocycles. The van der Waals surface area contributed by atoms with Crippen LogP contribution in [0.2, 0.25) is 15.1 Å².